The lowest BCUT2D eigenvalue weighted by Crippen LogP contribution is -2.30. The van der Waals surface area contributed by atoms with Gasteiger partial charge in [0.1, 0.15) is 13.2 Å². The van der Waals surface area contributed by atoms with Gasteiger partial charge in [-0.25, -0.2) is 0 Å². The number of carbonyl (C=O) groups excluding carboxylic acids is 3. The van der Waals surface area contributed by atoms with Crippen LogP contribution in [0.15, 0.2) is 134 Å². The van der Waals surface area contributed by atoms with Gasteiger partial charge in [-0.3, -0.25) is 14.4 Å². The molecule has 0 aliphatic rings. The molecule has 0 amide bonds. The zero-order valence-electron chi connectivity index (χ0n) is 54.2. The zero-order chi connectivity index (χ0) is 59.9. The molecule has 6 heteroatoms. The quantitative estimate of drug-likeness (QED) is 0.0261. The van der Waals surface area contributed by atoms with Crippen LogP contribution in [-0.4, -0.2) is 37.2 Å². The van der Waals surface area contributed by atoms with E-state index in [9.17, 15) is 14.4 Å². The van der Waals surface area contributed by atoms with Crippen LogP contribution in [-0.2, 0) is 28.6 Å². The lowest BCUT2D eigenvalue weighted by Gasteiger charge is -2.18. The minimum absolute atomic E-state index is 0.0936. The van der Waals surface area contributed by atoms with Crippen molar-refractivity contribution < 1.29 is 28.6 Å². The average molecular weight is 1150 g/mol. The largest absolute Gasteiger partial charge is 0.462 e. The topological polar surface area (TPSA) is 78.9 Å². The fourth-order valence-corrected chi connectivity index (χ4v) is 9.53. The van der Waals surface area contributed by atoms with Crippen LogP contribution in [0, 0.1) is 0 Å². The lowest BCUT2D eigenvalue weighted by molar-refractivity contribution is -0.167. The molecule has 0 heterocycles. The van der Waals surface area contributed by atoms with Gasteiger partial charge in [0, 0.05) is 19.3 Å². The summed E-state index contributed by atoms with van der Waals surface area (Å²) in [6, 6.07) is 0. The molecule has 1 atom stereocenters. The van der Waals surface area contributed by atoms with Crippen molar-refractivity contribution in [3.63, 3.8) is 0 Å². The van der Waals surface area contributed by atoms with Crippen molar-refractivity contribution in [1.82, 2.24) is 0 Å². The van der Waals surface area contributed by atoms with Crippen molar-refractivity contribution in [2.75, 3.05) is 13.2 Å². The number of allylic oxidation sites excluding steroid dienone is 22. The first-order valence-corrected chi connectivity index (χ1v) is 34.7. The van der Waals surface area contributed by atoms with E-state index in [4.69, 9.17) is 14.2 Å². The Morgan fingerprint density at radius 3 is 0.759 bits per heavy atom. The molecule has 0 aromatic rings. The van der Waals surface area contributed by atoms with Crippen LogP contribution in [0.4, 0.5) is 0 Å². The Kier molecular flexibility index (Phi) is 66.3. The Morgan fingerprint density at radius 2 is 0.470 bits per heavy atom. The van der Waals surface area contributed by atoms with Crippen LogP contribution >= 0.6 is 0 Å². The molecule has 0 aromatic carbocycles. The molecule has 0 spiro atoms. The van der Waals surface area contributed by atoms with Gasteiger partial charge >= 0.3 is 17.9 Å². The molecule has 1 unspecified atom stereocenters. The molecule has 0 aliphatic carbocycles. The van der Waals surface area contributed by atoms with Gasteiger partial charge in [-0.15, -0.1) is 0 Å². The van der Waals surface area contributed by atoms with Gasteiger partial charge in [0.15, 0.2) is 6.10 Å². The number of rotatable bonds is 62. The molecule has 83 heavy (non-hydrogen) atoms. The number of hydrogen-bond donors (Lipinski definition) is 0. The Balaban J connectivity index is 4.23. The van der Waals surface area contributed by atoms with Crippen LogP contribution in [0.5, 0.6) is 0 Å². The van der Waals surface area contributed by atoms with Crippen LogP contribution in [0.3, 0.4) is 0 Å². The second kappa shape index (κ2) is 70.0. The molecule has 0 fully saturated rings. The fraction of sp³-hybridized carbons (Fsp3) is 0.675. The Morgan fingerprint density at radius 1 is 0.253 bits per heavy atom. The average Bonchev–Trinajstić information content (AvgIpc) is 3.49. The number of hydrogen-bond acceptors (Lipinski definition) is 6. The molecule has 0 bridgehead atoms. The Labute approximate surface area is 513 Å². The minimum atomic E-state index is -0.802. The second-order valence-electron chi connectivity index (χ2n) is 22.7. The van der Waals surface area contributed by atoms with Crippen molar-refractivity contribution in [3.05, 3.63) is 134 Å². The van der Waals surface area contributed by atoms with Crippen molar-refractivity contribution in [2.45, 2.75) is 322 Å². The van der Waals surface area contributed by atoms with Gasteiger partial charge in [0.05, 0.1) is 0 Å². The van der Waals surface area contributed by atoms with E-state index in [2.05, 4.69) is 154 Å². The van der Waals surface area contributed by atoms with Gasteiger partial charge in [-0.05, 0) is 116 Å². The summed E-state index contributed by atoms with van der Waals surface area (Å²) in [5, 5.41) is 0. The molecular formula is C77H128O6. The van der Waals surface area contributed by atoms with Crippen LogP contribution in [0.1, 0.15) is 316 Å². The van der Waals surface area contributed by atoms with Gasteiger partial charge < -0.3 is 14.2 Å². The molecule has 472 valence electrons. The summed E-state index contributed by atoms with van der Waals surface area (Å²) in [6.07, 6.45) is 99.1. The molecule has 6 nitrogen and oxygen atoms in total. The predicted molar refractivity (Wildman–Crippen MR) is 362 cm³/mol. The monoisotopic (exact) mass is 1150 g/mol. The normalized spacial score (nSPS) is 13.0. The summed E-state index contributed by atoms with van der Waals surface area (Å²) in [5.74, 6) is -0.928. The molecular weight excluding hydrogens is 1020 g/mol. The van der Waals surface area contributed by atoms with Crippen molar-refractivity contribution >= 4 is 17.9 Å². The first-order chi connectivity index (χ1) is 41.0. The summed E-state index contributed by atoms with van der Waals surface area (Å²) in [7, 11) is 0. The third-order valence-electron chi connectivity index (χ3n) is 14.7. The molecule has 0 rings (SSSR count). The van der Waals surface area contributed by atoms with E-state index in [1.165, 1.54) is 148 Å². The van der Waals surface area contributed by atoms with Gasteiger partial charge in [0.2, 0.25) is 0 Å². The summed E-state index contributed by atoms with van der Waals surface area (Å²) in [6.45, 7) is 6.40. The number of esters is 3. The van der Waals surface area contributed by atoms with Gasteiger partial charge in [0.25, 0.3) is 0 Å². The van der Waals surface area contributed by atoms with Gasteiger partial charge in [-0.1, -0.05) is 315 Å². The van der Waals surface area contributed by atoms with E-state index in [1.807, 2.05) is 0 Å². The summed E-state index contributed by atoms with van der Waals surface area (Å²) in [4.78, 5) is 38.3. The maximum atomic E-state index is 12.9. The maximum Gasteiger partial charge on any atom is 0.306 e. The van der Waals surface area contributed by atoms with E-state index < -0.39 is 6.10 Å². The third kappa shape index (κ3) is 68.2. The van der Waals surface area contributed by atoms with E-state index in [-0.39, 0.29) is 37.5 Å². The highest BCUT2D eigenvalue weighted by Gasteiger charge is 2.19. The molecule has 0 aromatic heterocycles. The zero-order valence-corrected chi connectivity index (χ0v) is 54.2. The molecule has 0 radical (unpaired) electrons. The maximum absolute atomic E-state index is 12.9. The number of unbranched alkanes of at least 4 members (excludes halogenated alkanes) is 29. The van der Waals surface area contributed by atoms with E-state index in [0.717, 1.165) is 122 Å². The van der Waals surface area contributed by atoms with E-state index in [1.54, 1.807) is 0 Å². The lowest BCUT2D eigenvalue weighted by atomic mass is 10.0. The van der Waals surface area contributed by atoms with E-state index in [0.29, 0.717) is 19.3 Å². The second-order valence-corrected chi connectivity index (χ2v) is 22.7. The van der Waals surface area contributed by atoms with Crippen LogP contribution < -0.4 is 0 Å². The highest BCUT2D eigenvalue weighted by molar-refractivity contribution is 5.71. The highest BCUT2D eigenvalue weighted by Crippen LogP contribution is 2.17. The molecule has 0 N–H and O–H groups in total. The molecule has 0 saturated heterocycles. The third-order valence-corrected chi connectivity index (χ3v) is 14.7. The Hall–Kier alpha value is -4.45. The first kappa shape index (κ1) is 78.5. The predicted octanol–water partition coefficient (Wildman–Crippen LogP) is 24.1. The standard InChI is InChI=1S/C77H128O6/c1-4-7-10-13-16-19-22-25-28-29-30-31-32-33-34-35-36-37-38-39-40-41-42-43-44-45-46-47-50-52-55-58-61-64-67-70-76(79)82-73-74(83-77(80)71-68-65-62-59-56-53-49-27-24-21-18-15-12-9-6-3)72-81-75(78)69-66-63-60-57-54-51-48-26-23-20-17-14-11-8-5-2/h7,9-10,12,16,18-19,21,25,27-28,30-31,33-34,36-37,39-40,49,56,59,74H,4-6,8,11,13-15,17,20,22-24,26,29,32,35,38,41-48,50-55,57-58,60-73H2,1-3H3/b10-7-,12-9-,19-16-,21-18-,28-25-,31-30-,34-33-,37-36-,40-39-,49-27-,59-56-. The smallest absolute Gasteiger partial charge is 0.306 e. The minimum Gasteiger partial charge on any atom is -0.462 e. The number of ether oxygens (including phenoxy) is 3. The van der Waals surface area contributed by atoms with E-state index >= 15 is 0 Å². The number of carbonyl (C=O) groups is 3. The highest BCUT2D eigenvalue weighted by atomic mass is 16.6. The van der Waals surface area contributed by atoms with Crippen molar-refractivity contribution in [1.29, 1.82) is 0 Å². The SMILES string of the molecule is CC/C=C\C/C=C\C/C=C\C/C=C\C/C=C\C/C=C\C/C=C\CCCCCCCCCCCCCCCC(=O)OCC(COC(=O)CCCCCCCCCCCCCCCCC)OC(=O)CCCC/C=C\C/C=C\C/C=C\C/C=C\CC. The first-order valence-electron chi connectivity index (χ1n) is 34.7. The fourth-order valence-electron chi connectivity index (χ4n) is 9.53. The Bertz CT molecular complexity index is 1750. The molecule has 0 aliphatic heterocycles. The van der Waals surface area contributed by atoms with Crippen LogP contribution in [0.25, 0.3) is 0 Å². The van der Waals surface area contributed by atoms with Gasteiger partial charge in [-0.2, -0.15) is 0 Å². The summed E-state index contributed by atoms with van der Waals surface area (Å²) < 4.78 is 16.9. The van der Waals surface area contributed by atoms with Crippen molar-refractivity contribution in [3.8, 4) is 0 Å². The molecule has 0 saturated carbocycles. The van der Waals surface area contributed by atoms with Crippen LogP contribution in [0.2, 0.25) is 0 Å². The summed E-state index contributed by atoms with van der Waals surface area (Å²) >= 11 is 0. The van der Waals surface area contributed by atoms with Crippen molar-refractivity contribution in [2.24, 2.45) is 0 Å². The summed E-state index contributed by atoms with van der Waals surface area (Å²) in [5.41, 5.74) is 0.